The molecule has 0 saturated heterocycles. The first-order valence-electron chi connectivity index (χ1n) is 10.2. The van der Waals surface area contributed by atoms with Gasteiger partial charge in [0.25, 0.3) is 0 Å². The number of halogens is 2. The quantitative estimate of drug-likeness (QED) is 0.525. The summed E-state index contributed by atoms with van der Waals surface area (Å²) >= 11 is 0. The summed E-state index contributed by atoms with van der Waals surface area (Å²) < 4.78 is 33.3. The van der Waals surface area contributed by atoms with Crippen LogP contribution >= 0.6 is 0 Å². The Morgan fingerprint density at radius 1 is 0.923 bits per heavy atom. The van der Waals surface area contributed by atoms with Crippen LogP contribution in [0, 0.1) is 29.4 Å². The van der Waals surface area contributed by atoms with E-state index in [4.69, 9.17) is 4.74 Å². The van der Waals surface area contributed by atoms with Crippen LogP contribution in [0.2, 0.25) is 0 Å². The Morgan fingerprint density at radius 3 is 1.96 bits per heavy atom. The second-order valence-electron chi connectivity index (χ2n) is 8.21. The van der Waals surface area contributed by atoms with Crippen LogP contribution in [0.3, 0.4) is 0 Å². The molecule has 1 aromatic carbocycles. The lowest BCUT2D eigenvalue weighted by molar-refractivity contribution is 0.171. The van der Waals surface area contributed by atoms with Crippen molar-refractivity contribution in [2.24, 2.45) is 17.8 Å². The van der Waals surface area contributed by atoms with Gasteiger partial charge >= 0.3 is 0 Å². The van der Waals surface area contributed by atoms with Crippen LogP contribution in [0.1, 0.15) is 75.3 Å². The standard InChI is InChI=1S/C23H32F2O/c1-3-4-16-5-7-17(8-6-16)18-9-11-19(12-10-18)20-13-22(24)21(15-26-2)23(25)14-20/h3-4,13-14,16-19H,5-12,15H2,1-2H3/b4-3+. The van der Waals surface area contributed by atoms with Crippen molar-refractivity contribution in [1.29, 1.82) is 0 Å². The van der Waals surface area contributed by atoms with E-state index in [0.29, 0.717) is 5.92 Å². The molecule has 2 aliphatic rings. The topological polar surface area (TPSA) is 9.23 Å². The van der Waals surface area contributed by atoms with E-state index in [0.717, 1.165) is 36.2 Å². The minimum absolute atomic E-state index is 0.0133. The summed E-state index contributed by atoms with van der Waals surface area (Å²) in [6.07, 6.45) is 14.4. The average molecular weight is 363 g/mol. The van der Waals surface area contributed by atoms with Gasteiger partial charge in [-0.2, -0.15) is 0 Å². The number of hydrogen-bond donors (Lipinski definition) is 0. The molecule has 1 aromatic rings. The molecule has 0 amide bonds. The highest BCUT2D eigenvalue weighted by Gasteiger charge is 2.31. The number of rotatable bonds is 5. The molecule has 0 atom stereocenters. The van der Waals surface area contributed by atoms with Crippen molar-refractivity contribution in [3.63, 3.8) is 0 Å². The third-order valence-electron chi connectivity index (χ3n) is 6.64. The summed E-state index contributed by atoms with van der Waals surface area (Å²) in [5, 5.41) is 0. The normalized spacial score (nSPS) is 30.0. The Bertz CT molecular complexity index is 586. The van der Waals surface area contributed by atoms with E-state index < -0.39 is 11.6 Å². The van der Waals surface area contributed by atoms with E-state index in [9.17, 15) is 8.78 Å². The van der Waals surface area contributed by atoms with Crippen molar-refractivity contribution >= 4 is 0 Å². The van der Waals surface area contributed by atoms with Crippen molar-refractivity contribution in [1.82, 2.24) is 0 Å². The van der Waals surface area contributed by atoms with E-state index in [2.05, 4.69) is 19.1 Å². The molecule has 0 aliphatic heterocycles. The van der Waals surface area contributed by atoms with Gasteiger partial charge in [-0.15, -0.1) is 0 Å². The molecule has 0 unspecified atom stereocenters. The van der Waals surface area contributed by atoms with Crippen LogP contribution in [0.15, 0.2) is 24.3 Å². The SMILES string of the molecule is C/C=C/C1CCC(C2CCC(c3cc(F)c(COC)c(F)c3)CC2)CC1. The van der Waals surface area contributed by atoms with Gasteiger partial charge in [-0.05, 0) is 99.7 Å². The predicted octanol–water partition coefficient (Wildman–Crippen LogP) is 6.77. The summed E-state index contributed by atoms with van der Waals surface area (Å²) in [6, 6.07) is 3.06. The second kappa shape index (κ2) is 9.12. The Morgan fingerprint density at radius 2 is 1.46 bits per heavy atom. The fraction of sp³-hybridized carbons (Fsp3) is 0.652. The molecule has 0 heterocycles. The zero-order valence-corrected chi connectivity index (χ0v) is 16.1. The van der Waals surface area contributed by atoms with Gasteiger partial charge in [-0.25, -0.2) is 8.78 Å². The Balaban J connectivity index is 1.56. The molecule has 0 aromatic heterocycles. The van der Waals surface area contributed by atoms with Crippen LogP contribution in [0.25, 0.3) is 0 Å². The van der Waals surface area contributed by atoms with Gasteiger partial charge in [0.1, 0.15) is 11.6 Å². The summed E-state index contributed by atoms with van der Waals surface area (Å²) in [6.45, 7) is 2.10. The molecule has 26 heavy (non-hydrogen) atoms. The van der Waals surface area contributed by atoms with Gasteiger partial charge in [0.05, 0.1) is 6.61 Å². The molecular formula is C23H32F2O. The van der Waals surface area contributed by atoms with Gasteiger partial charge in [0.15, 0.2) is 0 Å². The molecular weight excluding hydrogens is 330 g/mol. The van der Waals surface area contributed by atoms with Crippen molar-refractivity contribution in [3.8, 4) is 0 Å². The van der Waals surface area contributed by atoms with Crippen molar-refractivity contribution in [3.05, 3.63) is 47.0 Å². The minimum Gasteiger partial charge on any atom is -0.380 e. The third kappa shape index (κ3) is 4.54. The van der Waals surface area contributed by atoms with E-state index >= 15 is 0 Å². The smallest absolute Gasteiger partial charge is 0.131 e. The highest BCUT2D eigenvalue weighted by Crippen LogP contribution is 2.44. The van der Waals surface area contributed by atoms with Gasteiger partial charge in [-0.3, -0.25) is 0 Å². The molecule has 0 radical (unpaired) electrons. The number of methoxy groups -OCH3 is 1. The van der Waals surface area contributed by atoms with Gasteiger partial charge in [0.2, 0.25) is 0 Å². The first kappa shape index (κ1) is 19.5. The first-order chi connectivity index (χ1) is 12.6. The second-order valence-corrected chi connectivity index (χ2v) is 8.21. The molecule has 0 N–H and O–H groups in total. The van der Waals surface area contributed by atoms with Crippen LogP contribution in [-0.4, -0.2) is 7.11 Å². The van der Waals surface area contributed by atoms with E-state index in [1.54, 1.807) is 0 Å². The molecule has 3 heteroatoms. The van der Waals surface area contributed by atoms with E-state index in [1.165, 1.54) is 57.8 Å². The highest BCUT2D eigenvalue weighted by atomic mass is 19.1. The average Bonchev–Trinajstić information content (AvgIpc) is 2.66. The number of benzene rings is 1. The van der Waals surface area contributed by atoms with Crippen LogP contribution in [0.4, 0.5) is 8.78 Å². The van der Waals surface area contributed by atoms with Crippen LogP contribution in [-0.2, 0) is 11.3 Å². The summed E-state index contributed by atoms with van der Waals surface area (Å²) in [5.41, 5.74) is 0.873. The molecule has 1 nitrogen and oxygen atoms in total. The van der Waals surface area contributed by atoms with Crippen LogP contribution < -0.4 is 0 Å². The van der Waals surface area contributed by atoms with Crippen molar-refractivity contribution in [2.45, 2.75) is 70.8 Å². The lowest BCUT2D eigenvalue weighted by atomic mass is 9.68. The fourth-order valence-electron chi connectivity index (χ4n) is 5.15. The lowest BCUT2D eigenvalue weighted by Crippen LogP contribution is -2.25. The fourth-order valence-corrected chi connectivity index (χ4v) is 5.15. The maximum absolute atomic E-state index is 14.2. The maximum Gasteiger partial charge on any atom is 0.131 e. The van der Waals surface area contributed by atoms with Gasteiger partial charge in [0, 0.05) is 12.7 Å². The summed E-state index contributed by atoms with van der Waals surface area (Å²) in [5.74, 6) is 1.81. The highest BCUT2D eigenvalue weighted by molar-refractivity contribution is 5.28. The number of allylic oxidation sites excluding steroid dienone is 2. The molecule has 2 aliphatic carbocycles. The minimum atomic E-state index is -0.466. The number of ether oxygens (including phenoxy) is 1. The first-order valence-corrected chi connectivity index (χ1v) is 10.2. The summed E-state index contributed by atoms with van der Waals surface area (Å²) in [7, 11) is 1.46. The molecule has 144 valence electrons. The molecule has 3 rings (SSSR count). The third-order valence-corrected chi connectivity index (χ3v) is 6.64. The maximum atomic E-state index is 14.2. The van der Waals surface area contributed by atoms with E-state index in [1.807, 2.05) is 0 Å². The largest absolute Gasteiger partial charge is 0.380 e. The summed E-state index contributed by atoms with van der Waals surface area (Å²) in [4.78, 5) is 0. The molecule has 0 spiro atoms. The van der Waals surface area contributed by atoms with Gasteiger partial charge in [-0.1, -0.05) is 12.2 Å². The monoisotopic (exact) mass is 362 g/mol. The van der Waals surface area contributed by atoms with Crippen molar-refractivity contribution < 1.29 is 13.5 Å². The Hall–Kier alpha value is -1.22. The van der Waals surface area contributed by atoms with Crippen molar-refractivity contribution in [2.75, 3.05) is 7.11 Å². The molecule has 0 bridgehead atoms. The predicted molar refractivity (Wildman–Crippen MR) is 102 cm³/mol. The van der Waals surface area contributed by atoms with Gasteiger partial charge < -0.3 is 4.74 Å². The zero-order chi connectivity index (χ0) is 18.5. The number of hydrogen-bond acceptors (Lipinski definition) is 1. The van der Waals surface area contributed by atoms with E-state index in [-0.39, 0.29) is 12.2 Å². The Kier molecular flexibility index (Phi) is 6.86. The molecule has 2 saturated carbocycles. The van der Waals surface area contributed by atoms with Crippen LogP contribution in [0.5, 0.6) is 0 Å². The zero-order valence-electron chi connectivity index (χ0n) is 16.1. The molecule has 2 fully saturated rings. The lowest BCUT2D eigenvalue weighted by Gasteiger charge is -2.37. The Labute approximate surface area is 156 Å².